The molecule has 4 heterocycles. The zero-order valence-corrected chi connectivity index (χ0v) is 22.4. The molecule has 1 fully saturated rings. The Morgan fingerprint density at radius 1 is 1.20 bits per heavy atom. The Balaban J connectivity index is 0.000000587. The number of hydrogen-bond acceptors (Lipinski definition) is 8. The molecule has 1 saturated heterocycles. The molecule has 220 valence electrons. The predicted octanol–water partition coefficient (Wildman–Crippen LogP) is 2.76. The van der Waals surface area contributed by atoms with E-state index in [9.17, 15) is 23.2 Å². The molecule has 41 heavy (non-hydrogen) atoms. The number of halogens is 3. The lowest BCUT2D eigenvalue weighted by molar-refractivity contribution is -0.192. The van der Waals surface area contributed by atoms with Gasteiger partial charge in [-0.25, -0.2) is 19.1 Å². The van der Waals surface area contributed by atoms with Crippen LogP contribution in [0.5, 0.6) is 5.75 Å². The summed E-state index contributed by atoms with van der Waals surface area (Å²) in [6.07, 6.45) is -0.0997. The molecule has 2 amide bonds. The zero-order valence-electron chi connectivity index (χ0n) is 22.4. The van der Waals surface area contributed by atoms with Gasteiger partial charge in [0, 0.05) is 50.0 Å². The van der Waals surface area contributed by atoms with Crippen molar-refractivity contribution in [1.82, 2.24) is 24.8 Å². The number of piperazine rings is 1. The SMILES string of the molecule is CC(C)CNC(=O)N1CCN(c2ccc(-c3cc(OCCO)cn4ncc(C#N)c34)cn2)CC1.O=C(O)C(F)(F)F. The number of fused-ring (bicyclic) bond motifs is 1. The summed E-state index contributed by atoms with van der Waals surface area (Å²) in [6.45, 7) is 7.57. The van der Waals surface area contributed by atoms with Crippen molar-refractivity contribution in [3.63, 3.8) is 0 Å². The first-order valence-electron chi connectivity index (χ1n) is 12.6. The highest BCUT2D eigenvalue weighted by molar-refractivity contribution is 5.85. The van der Waals surface area contributed by atoms with Crippen LogP contribution >= 0.6 is 0 Å². The monoisotopic (exact) mass is 577 g/mol. The number of aromatic nitrogens is 3. The summed E-state index contributed by atoms with van der Waals surface area (Å²) in [5, 5.41) is 33.0. The minimum Gasteiger partial charge on any atom is -0.490 e. The van der Waals surface area contributed by atoms with Crippen molar-refractivity contribution in [1.29, 1.82) is 5.26 Å². The van der Waals surface area contributed by atoms with E-state index >= 15 is 0 Å². The van der Waals surface area contributed by atoms with Gasteiger partial charge in [-0.05, 0) is 24.1 Å². The average molecular weight is 578 g/mol. The molecule has 0 unspecified atom stereocenters. The lowest BCUT2D eigenvalue weighted by Gasteiger charge is -2.35. The number of urea groups is 1. The second-order valence-corrected chi connectivity index (χ2v) is 9.39. The van der Waals surface area contributed by atoms with E-state index < -0.39 is 12.1 Å². The first kappa shape index (κ1) is 31.0. The maximum atomic E-state index is 12.3. The Morgan fingerprint density at radius 2 is 1.88 bits per heavy atom. The fourth-order valence-corrected chi connectivity index (χ4v) is 3.92. The van der Waals surface area contributed by atoms with E-state index in [2.05, 4.69) is 40.2 Å². The number of aliphatic hydroxyl groups is 1. The number of carbonyl (C=O) groups is 2. The number of carboxylic acid groups (broad SMARTS) is 1. The molecular weight excluding hydrogens is 547 g/mol. The third-order valence-electron chi connectivity index (χ3n) is 5.92. The molecule has 3 aromatic rings. The van der Waals surface area contributed by atoms with Crippen molar-refractivity contribution in [3.05, 3.63) is 42.4 Å². The summed E-state index contributed by atoms with van der Waals surface area (Å²) in [7, 11) is 0. The maximum absolute atomic E-state index is 12.3. The number of aliphatic carboxylic acids is 1. The molecule has 12 nitrogen and oxygen atoms in total. The van der Waals surface area contributed by atoms with Gasteiger partial charge in [0.05, 0.1) is 30.1 Å². The van der Waals surface area contributed by atoms with Crippen LogP contribution < -0.4 is 15.0 Å². The van der Waals surface area contributed by atoms with Crippen molar-refractivity contribution in [2.24, 2.45) is 5.92 Å². The second kappa shape index (κ2) is 13.7. The highest BCUT2D eigenvalue weighted by Gasteiger charge is 2.38. The van der Waals surface area contributed by atoms with E-state index in [4.69, 9.17) is 19.7 Å². The van der Waals surface area contributed by atoms with Crippen LogP contribution in [-0.2, 0) is 4.79 Å². The van der Waals surface area contributed by atoms with Crippen molar-refractivity contribution in [3.8, 4) is 22.9 Å². The normalized spacial score (nSPS) is 13.4. The Labute approximate surface area is 233 Å². The summed E-state index contributed by atoms with van der Waals surface area (Å²) < 4.78 is 38.9. The number of pyridine rings is 2. The third-order valence-corrected chi connectivity index (χ3v) is 5.92. The number of hydrogen-bond donors (Lipinski definition) is 3. The number of rotatable bonds is 7. The number of anilines is 1. The molecule has 0 aromatic carbocycles. The van der Waals surface area contributed by atoms with Gasteiger partial charge in [0.2, 0.25) is 0 Å². The molecule has 3 aromatic heterocycles. The minimum absolute atomic E-state index is 0.0157. The number of nitrogens with one attached hydrogen (secondary N) is 1. The van der Waals surface area contributed by atoms with Gasteiger partial charge in [0.15, 0.2) is 0 Å². The molecule has 0 saturated carbocycles. The van der Waals surface area contributed by atoms with Crippen LogP contribution in [0.1, 0.15) is 19.4 Å². The Kier molecular flexibility index (Phi) is 10.3. The van der Waals surface area contributed by atoms with Crippen molar-refractivity contribution < 1.29 is 37.7 Å². The molecule has 0 atom stereocenters. The van der Waals surface area contributed by atoms with Gasteiger partial charge in [0.1, 0.15) is 24.2 Å². The summed E-state index contributed by atoms with van der Waals surface area (Å²) >= 11 is 0. The van der Waals surface area contributed by atoms with Gasteiger partial charge in [-0.1, -0.05) is 13.8 Å². The summed E-state index contributed by atoms with van der Waals surface area (Å²) in [6, 6.07) is 7.91. The van der Waals surface area contributed by atoms with Crippen molar-refractivity contribution >= 4 is 23.3 Å². The molecular formula is C26H30F3N7O5. The summed E-state index contributed by atoms with van der Waals surface area (Å²) in [5.74, 6) is -0.959. The number of ether oxygens (including phenoxy) is 1. The van der Waals surface area contributed by atoms with E-state index in [0.29, 0.717) is 55.5 Å². The zero-order chi connectivity index (χ0) is 30.2. The van der Waals surface area contributed by atoms with Gasteiger partial charge >= 0.3 is 18.2 Å². The van der Waals surface area contributed by atoms with Crippen LogP contribution in [-0.4, -0.2) is 93.8 Å². The van der Waals surface area contributed by atoms with Crippen LogP contribution in [0.25, 0.3) is 16.6 Å². The average Bonchev–Trinajstić information content (AvgIpc) is 3.37. The molecule has 1 aliphatic heterocycles. The van der Waals surface area contributed by atoms with Gasteiger partial charge < -0.3 is 30.1 Å². The third kappa shape index (κ3) is 8.21. The number of nitriles is 1. The van der Waals surface area contributed by atoms with Crippen LogP contribution in [0.4, 0.5) is 23.8 Å². The number of aliphatic hydroxyl groups excluding tert-OH is 1. The summed E-state index contributed by atoms with van der Waals surface area (Å²) in [4.78, 5) is 29.9. The smallest absolute Gasteiger partial charge is 0.490 e. The van der Waals surface area contributed by atoms with Gasteiger partial charge in [-0.15, -0.1) is 0 Å². The first-order chi connectivity index (χ1) is 19.4. The number of nitrogens with zero attached hydrogens (tertiary/aromatic N) is 6. The van der Waals surface area contributed by atoms with Gasteiger partial charge in [0.25, 0.3) is 0 Å². The quantitative estimate of drug-likeness (QED) is 0.384. The first-order valence-corrected chi connectivity index (χ1v) is 12.6. The minimum atomic E-state index is -5.08. The molecule has 0 aliphatic carbocycles. The van der Waals surface area contributed by atoms with Crippen LogP contribution in [0.15, 0.2) is 36.8 Å². The maximum Gasteiger partial charge on any atom is 0.490 e. The van der Waals surface area contributed by atoms with Crippen molar-refractivity contribution in [2.75, 3.05) is 50.8 Å². The number of alkyl halides is 3. The lowest BCUT2D eigenvalue weighted by Crippen LogP contribution is -2.52. The van der Waals surface area contributed by atoms with E-state index in [0.717, 1.165) is 16.9 Å². The molecule has 4 rings (SSSR count). The Morgan fingerprint density at radius 3 is 2.41 bits per heavy atom. The molecule has 1 aliphatic rings. The largest absolute Gasteiger partial charge is 0.490 e. The lowest BCUT2D eigenvalue weighted by atomic mass is 10.1. The Hall–Kier alpha value is -4.58. The van der Waals surface area contributed by atoms with Crippen molar-refractivity contribution in [2.45, 2.75) is 20.0 Å². The van der Waals surface area contributed by atoms with E-state index in [1.54, 1.807) is 16.9 Å². The van der Waals surface area contributed by atoms with Crippen LogP contribution in [0.2, 0.25) is 0 Å². The highest BCUT2D eigenvalue weighted by Crippen LogP contribution is 2.31. The summed E-state index contributed by atoms with van der Waals surface area (Å²) in [5.41, 5.74) is 2.73. The van der Waals surface area contributed by atoms with E-state index in [-0.39, 0.29) is 19.2 Å². The number of carbonyl (C=O) groups excluding carboxylic acids is 1. The fourth-order valence-electron chi connectivity index (χ4n) is 3.92. The van der Waals surface area contributed by atoms with Crippen LogP contribution in [0.3, 0.4) is 0 Å². The molecule has 0 bridgehead atoms. The predicted molar refractivity (Wildman–Crippen MR) is 141 cm³/mol. The Bertz CT molecular complexity index is 1380. The highest BCUT2D eigenvalue weighted by atomic mass is 19.4. The van der Waals surface area contributed by atoms with Gasteiger partial charge in [-0.2, -0.15) is 23.5 Å². The molecule has 0 spiro atoms. The standard InChI is InChI=1S/C24H29N7O3.C2HF3O2/c1-17(2)13-27-24(33)30-7-5-29(6-8-30)22-4-3-18(14-26-22)21-11-20(34-10-9-32)16-31-23(21)19(12-25)15-28-31;3-2(4,5)1(6)7/h3-4,11,14-17,32H,5-10,13H2,1-2H3,(H,27,33);(H,6,7). The van der Waals surface area contributed by atoms with E-state index in [1.807, 2.05) is 23.1 Å². The van der Waals surface area contributed by atoms with Crippen LogP contribution in [0, 0.1) is 17.2 Å². The topological polar surface area (TPSA) is 156 Å². The van der Waals surface area contributed by atoms with Gasteiger partial charge in [-0.3, -0.25) is 0 Å². The number of carboxylic acids is 1. The molecule has 0 radical (unpaired) electrons. The van der Waals surface area contributed by atoms with E-state index in [1.165, 1.54) is 6.20 Å². The number of amides is 2. The molecule has 15 heteroatoms. The second-order valence-electron chi connectivity index (χ2n) is 9.39. The fraction of sp³-hybridized carbons (Fsp3) is 0.423. The molecule has 3 N–H and O–H groups in total.